The van der Waals surface area contributed by atoms with Gasteiger partial charge in [-0.3, -0.25) is 0 Å². The minimum atomic E-state index is -0.0373. The molecule has 2 aliphatic heterocycles. The van der Waals surface area contributed by atoms with Crippen molar-refractivity contribution in [2.75, 3.05) is 19.8 Å². The molecule has 4 nitrogen and oxygen atoms in total. The predicted molar refractivity (Wildman–Crippen MR) is 81.4 cm³/mol. The summed E-state index contributed by atoms with van der Waals surface area (Å²) in [5.74, 6) is 0.918. The Labute approximate surface area is 126 Å². The molecule has 0 radical (unpaired) electrons. The van der Waals surface area contributed by atoms with Gasteiger partial charge in [0.05, 0.1) is 12.2 Å². The number of hydrogen-bond acceptors (Lipinski definition) is 4. The highest BCUT2D eigenvalue weighted by atomic mass is 16.5. The summed E-state index contributed by atoms with van der Waals surface area (Å²) in [6, 6.07) is 8.06. The molecule has 0 aromatic heterocycles. The van der Waals surface area contributed by atoms with Gasteiger partial charge in [-0.2, -0.15) is 0 Å². The minimum absolute atomic E-state index is 0.0157. The van der Waals surface area contributed by atoms with E-state index in [0.29, 0.717) is 0 Å². The van der Waals surface area contributed by atoms with Crippen molar-refractivity contribution >= 4 is 0 Å². The van der Waals surface area contributed by atoms with E-state index in [4.69, 9.17) is 19.9 Å². The van der Waals surface area contributed by atoms with Crippen LogP contribution in [0.1, 0.15) is 44.2 Å². The molecule has 1 aromatic rings. The Morgan fingerprint density at radius 3 is 2.76 bits per heavy atom. The third-order valence-corrected chi connectivity index (χ3v) is 4.55. The first-order chi connectivity index (χ1) is 10.2. The molecule has 4 heteroatoms. The molecule has 2 heterocycles. The van der Waals surface area contributed by atoms with E-state index in [1.165, 1.54) is 0 Å². The normalized spacial score (nSPS) is 26.5. The van der Waals surface area contributed by atoms with Gasteiger partial charge >= 0.3 is 0 Å². The smallest absolute Gasteiger partial charge is 0.124 e. The summed E-state index contributed by atoms with van der Waals surface area (Å²) >= 11 is 0. The number of hydrogen-bond donors (Lipinski definition) is 1. The summed E-state index contributed by atoms with van der Waals surface area (Å²) in [6.45, 7) is 4.35. The quantitative estimate of drug-likeness (QED) is 0.930. The standard InChI is InChI=1S/C17H25NO3/c1-13(18)15-4-2-3-5-16(15)21-14-6-9-20-17(12-14)7-10-19-11-8-17/h2-5,13-14H,6-12,18H2,1H3/t13-,14?/m0/s1. The van der Waals surface area contributed by atoms with Crippen LogP contribution in [0.3, 0.4) is 0 Å². The molecule has 1 aromatic carbocycles. The molecule has 3 rings (SSSR count). The highest BCUT2D eigenvalue weighted by Gasteiger charge is 2.40. The zero-order valence-electron chi connectivity index (χ0n) is 12.7. The predicted octanol–water partition coefficient (Wildman–Crippen LogP) is 2.81. The number of benzene rings is 1. The van der Waals surface area contributed by atoms with Crippen LogP contribution in [0.15, 0.2) is 24.3 Å². The van der Waals surface area contributed by atoms with E-state index in [1.54, 1.807) is 0 Å². The topological polar surface area (TPSA) is 53.7 Å². The van der Waals surface area contributed by atoms with Crippen LogP contribution in [-0.4, -0.2) is 31.5 Å². The van der Waals surface area contributed by atoms with E-state index in [-0.39, 0.29) is 17.7 Å². The van der Waals surface area contributed by atoms with Gasteiger partial charge in [-0.1, -0.05) is 18.2 Å². The number of nitrogens with two attached hydrogens (primary N) is 1. The fourth-order valence-electron chi connectivity index (χ4n) is 3.32. The first kappa shape index (κ1) is 14.8. The molecule has 2 fully saturated rings. The summed E-state index contributed by atoms with van der Waals surface area (Å²) < 4.78 is 17.8. The molecule has 2 atom stereocenters. The van der Waals surface area contributed by atoms with Crippen molar-refractivity contribution in [2.24, 2.45) is 5.73 Å². The number of rotatable bonds is 3. The molecule has 1 unspecified atom stereocenters. The van der Waals surface area contributed by atoms with Crippen LogP contribution in [0.5, 0.6) is 5.75 Å². The Morgan fingerprint density at radius 1 is 1.24 bits per heavy atom. The molecule has 116 valence electrons. The molecule has 21 heavy (non-hydrogen) atoms. The summed E-state index contributed by atoms with van der Waals surface area (Å²) in [4.78, 5) is 0. The lowest BCUT2D eigenvalue weighted by atomic mass is 9.85. The number of ether oxygens (including phenoxy) is 3. The van der Waals surface area contributed by atoms with E-state index < -0.39 is 0 Å². The van der Waals surface area contributed by atoms with Gasteiger partial charge in [0.1, 0.15) is 11.9 Å². The molecular weight excluding hydrogens is 266 g/mol. The average Bonchev–Trinajstić information content (AvgIpc) is 2.48. The van der Waals surface area contributed by atoms with E-state index >= 15 is 0 Å². The van der Waals surface area contributed by atoms with E-state index in [9.17, 15) is 0 Å². The molecule has 0 aliphatic carbocycles. The van der Waals surface area contributed by atoms with Gasteiger partial charge < -0.3 is 19.9 Å². The lowest BCUT2D eigenvalue weighted by Crippen LogP contribution is -2.47. The van der Waals surface area contributed by atoms with E-state index in [1.807, 2.05) is 31.2 Å². The maximum Gasteiger partial charge on any atom is 0.124 e. The maximum absolute atomic E-state index is 6.27. The first-order valence-electron chi connectivity index (χ1n) is 7.91. The lowest BCUT2D eigenvalue weighted by Gasteiger charge is -2.43. The largest absolute Gasteiger partial charge is 0.490 e. The van der Waals surface area contributed by atoms with Gasteiger partial charge in [-0.15, -0.1) is 0 Å². The lowest BCUT2D eigenvalue weighted by molar-refractivity contribution is -0.155. The van der Waals surface area contributed by atoms with E-state index in [0.717, 1.165) is 56.8 Å². The van der Waals surface area contributed by atoms with Gasteiger partial charge in [0.25, 0.3) is 0 Å². The molecular formula is C17H25NO3. The third-order valence-electron chi connectivity index (χ3n) is 4.55. The zero-order valence-corrected chi connectivity index (χ0v) is 12.7. The monoisotopic (exact) mass is 291 g/mol. The minimum Gasteiger partial charge on any atom is -0.490 e. The Morgan fingerprint density at radius 2 is 2.00 bits per heavy atom. The van der Waals surface area contributed by atoms with Crippen LogP contribution in [0.4, 0.5) is 0 Å². The van der Waals surface area contributed by atoms with Gasteiger partial charge in [0.2, 0.25) is 0 Å². The van der Waals surface area contributed by atoms with Crippen molar-refractivity contribution in [3.05, 3.63) is 29.8 Å². The van der Waals surface area contributed by atoms with Crippen molar-refractivity contribution in [1.82, 2.24) is 0 Å². The SMILES string of the molecule is C[C@H](N)c1ccccc1OC1CCOC2(CCOCC2)C1. The Kier molecular flexibility index (Phi) is 4.48. The van der Waals surface area contributed by atoms with Crippen LogP contribution < -0.4 is 10.5 Å². The van der Waals surface area contributed by atoms with Gasteiger partial charge in [0, 0.05) is 37.7 Å². The molecule has 1 spiro atoms. The molecule has 0 bridgehead atoms. The highest BCUT2D eigenvalue weighted by Crippen LogP contribution is 2.36. The Bertz CT molecular complexity index is 463. The number of para-hydroxylation sites is 1. The summed E-state index contributed by atoms with van der Waals surface area (Å²) in [5, 5.41) is 0. The van der Waals surface area contributed by atoms with Crippen LogP contribution in [0.2, 0.25) is 0 Å². The van der Waals surface area contributed by atoms with Crippen LogP contribution in [0, 0.1) is 0 Å². The fraction of sp³-hybridized carbons (Fsp3) is 0.647. The third kappa shape index (κ3) is 3.39. The maximum atomic E-state index is 6.27. The second-order valence-corrected chi connectivity index (χ2v) is 6.20. The summed E-state index contributed by atoms with van der Waals surface area (Å²) in [5.41, 5.74) is 7.07. The second-order valence-electron chi connectivity index (χ2n) is 6.20. The summed E-state index contributed by atoms with van der Waals surface area (Å²) in [6.07, 6.45) is 4.04. The van der Waals surface area contributed by atoms with Crippen LogP contribution >= 0.6 is 0 Å². The molecule has 2 saturated heterocycles. The van der Waals surface area contributed by atoms with Crippen molar-refractivity contribution < 1.29 is 14.2 Å². The Balaban J connectivity index is 1.70. The fourth-order valence-corrected chi connectivity index (χ4v) is 3.32. The average molecular weight is 291 g/mol. The van der Waals surface area contributed by atoms with Crippen molar-refractivity contribution in [3.63, 3.8) is 0 Å². The molecule has 2 N–H and O–H groups in total. The van der Waals surface area contributed by atoms with Crippen molar-refractivity contribution in [2.45, 2.75) is 50.4 Å². The van der Waals surface area contributed by atoms with Gasteiger partial charge in [-0.25, -0.2) is 0 Å². The van der Waals surface area contributed by atoms with Gasteiger partial charge in [0.15, 0.2) is 0 Å². The van der Waals surface area contributed by atoms with Crippen LogP contribution in [0.25, 0.3) is 0 Å². The molecule has 0 amide bonds. The zero-order chi connectivity index (χ0) is 14.7. The van der Waals surface area contributed by atoms with Crippen molar-refractivity contribution in [3.8, 4) is 5.75 Å². The molecule has 2 aliphatic rings. The summed E-state index contributed by atoms with van der Waals surface area (Å²) in [7, 11) is 0. The van der Waals surface area contributed by atoms with Crippen LogP contribution in [-0.2, 0) is 9.47 Å². The highest BCUT2D eigenvalue weighted by molar-refractivity contribution is 5.35. The second kappa shape index (κ2) is 6.34. The van der Waals surface area contributed by atoms with Crippen molar-refractivity contribution in [1.29, 1.82) is 0 Å². The molecule has 0 saturated carbocycles. The Hall–Kier alpha value is -1.10. The van der Waals surface area contributed by atoms with E-state index in [2.05, 4.69) is 0 Å². The van der Waals surface area contributed by atoms with Gasteiger partial charge in [-0.05, 0) is 25.8 Å². The first-order valence-corrected chi connectivity index (χ1v) is 7.91.